The van der Waals surface area contributed by atoms with Gasteiger partial charge < -0.3 is 13.7 Å². The molecule has 0 aliphatic heterocycles. The molecule has 9 aromatic carbocycles. The monoisotopic (exact) mass is 773 g/mol. The zero-order valence-corrected chi connectivity index (χ0v) is 32.1. The van der Waals surface area contributed by atoms with Gasteiger partial charge in [0.2, 0.25) is 5.71 Å². The standard InChI is InChI=1S/C56H36N2O2/c1-3-13-37(14-4-1)39-25-31-42(32-26-39)57(50-22-11-20-47-46-17-8-10-23-51(46)59-55(47)50)43-35-29-41(30-36-43)45-19-12-24-52-53(45)54-48-18-7-9-21-49(48)58(56(54)60-52)44-33-27-40(28-34-44)38-15-5-2-6-16-38/h1-36H/i1D,3D,4D,13D,14D. The number of hydrogen-bond acceptors (Lipinski definition) is 3. The molecule has 4 heteroatoms. The molecule has 0 atom stereocenters. The zero-order chi connectivity index (χ0) is 43.9. The van der Waals surface area contributed by atoms with Gasteiger partial charge in [0.05, 0.1) is 23.4 Å². The largest absolute Gasteiger partial charge is 0.454 e. The molecule has 0 amide bonds. The number of aromatic nitrogens is 1. The summed E-state index contributed by atoms with van der Waals surface area (Å²) in [5.41, 5.74) is 12.7. The van der Waals surface area contributed by atoms with Crippen LogP contribution in [0.15, 0.2) is 227 Å². The normalized spacial score (nSPS) is 12.8. The molecule has 0 saturated carbocycles. The van der Waals surface area contributed by atoms with Crippen molar-refractivity contribution in [2.75, 3.05) is 4.90 Å². The van der Waals surface area contributed by atoms with E-state index in [-0.39, 0.29) is 29.7 Å². The van der Waals surface area contributed by atoms with Crippen molar-refractivity contribution in [1.82, 2.24) is 4.57 Å². The van der Waals surface area contributed by atoms with Gasteiger partial charge in [0, 0.05) is 38.6 Å². The van der Waals surface area contributed by atoms with Gasteiger partial charge in [0.1, 0.15) is 11.2 Å². The molecule has 282 valence electrons. The smallest absolute Gasteiger partial charge is 0.213 e. The van der Waals surface area contributed by atoms with Crippen molar-refractivity contribution in [2.45, 2.75) is 0 Å². The Balaban J connectivity index is 0.993. The number of rotatable bonds is 7. The van der Waals surface area contributed by atoms with Crippen LogP contribution < -0.4 is 4.90 Å². The quantitative estimate of drug-likeness (QED) is 0.162. The fraction of sp³-hybridized carbons (Fsp3) is 0. The van der Waals surface area contributed by atoms with Crippen LogP contribution in [-0.4, -0.2) is 4.57 Å². The van der Waals surface area contributed by atoms with Crippen LogP contribution in [0, 0.1) is 0 Å². The summed E-state index contributed by atoms with van der Waals surface area (Å²) in [7, 11) is 0. The number of para-hydroxylation sites is 3. The van der Waals surface area contributed by atoms with Gasteiger partial charge in [-0.15, -0.1) is 0 Å². The number of furan rings is 2. The topological polar surface area (TPSA) is 34.5 Å². The minimum atomic E-state index is -0.418. The minimum absolute atomic E-state index is 0.157. The highest BCUT2D eigenvalue weighted by Crippen LogP contribution is 2.46. The number of nitrogens with zero attached hydrogens (tertiary/aromatic N) is 2. The van der Waals surface area contributed by atoms with Crippen LogP contribution >= 0.6 is 0 Å². The molecular formula is C56H36N2O2. The van der Waals surface area contributed by atoms with Crippen molar-refractivity contribution in [3.8, 4) is 39.1 Å². The summed E-state index contributed by atoms with van der Waals surface area (Å²) in [6.45, 7) is 0. The molecule has 0 radical (unpaired) electrons. The SMILES string of the molecule is [2H]c1c([2H])c([2H])c(-c2ccc(N(c3ccc(-c4cccc5oc6c(c7ccccc7n6-c6ccc(-c7ccccc7)cc6)c45)cc3)c3cccc4c3oc3ccccc34)cc2)c([2H])c1[2H]. The van der Waals surface area contributed by atoms with E-state index in [1.165, 1.54) is 5.56 Å². The lowest BCUT2D eigenvalue weighted by Crippen LogP contribution is -2.10. The van der Waals surface area contributed by atoms with Crippen molar-refractivity contribution in [3.63, 3.8) is 0 Å². The highest BCUT2D eigenvalue weighted by Gasteiger charge is 2.23. The molecule has 12 rings (SSSR count). The average Bonchev–Trinajstić information content (AvgIpc) is 4.03. The van der Waals surface area contributed by atoms with Crippen molar-refractivity contribution in [1.29, 1.82) is 0 Å². The van der Waals surface area contributed by atoms with Gasteiger partial charge in [0.15, 0.2) is 5.58 Å². The lowest BCUT2D eigenvalue weighted by molar-refractivity contribution is 0.645. The van der Waals surface area contributed by atoms with Crippen LogP contribution in [0.3, 0.4) is 0 Å². The Labute approximate surface area is 353 Å². The Morgan fingerprint density at radius 3 is 1.80 bits per heavy atom. The van der Waals surface area contributed by atoms with Gasteiger partial charge in [-0.1, -0.05) is 158 Å². The predicted octanol–water partition coefficient (Wildman–Crippen LogP) is 15.9. The minimum Gasteiger partial charge on any atom is -0.454 e. The zero-order valence-electron chi connectivity index (χ0n) is 37.1. The summed E-state index contributed by atoms with van der Waals surface area (Å²) in [6, 6.07) is 62.1. The molecule has 0 unspecified atom stereocenters. The van der Waals surface area contributed by atoms with Crippen LogP contribution in [0.25, 0.3) is 94.0 Å². The van der Waals surface area contributed by atoms with Crippen molar-refractivity contribution < 1.29 is 15.7 Å². The van der Waals surface area contributed by atoms with E-state index in [1.54, 1.807) is 0 Å². The molecule has 0 fully saturated rings. The molecular weight excluding hydrogens is 733 g/mol. The Morgan fingerprint density at radius 1 is 0.417 bits per heavy atom. The van der Waals surface area contributed by atoms with Gasteiger partial charge in [0.25, 0.3) is 0 Å². The van der Waals surface area contributed by atoms with Crippen molar-refractivity contribution in [2.24, 2.45) is 0 Å². The van der Waals surface area contributed by atoms with Gasteiger partial charge in [-0.2, -0.15) is 0 Å². The van der Waals surface area contributed by atoms with E-state index < -0.39 is 6.04 Å². The third-order valence-corrected chi connectivity index (χ3v) is 11.5. The number of fused-ring (bicyclic) bond motifs is 8. The number of anilines is 3. The third kappa shape index (κ3) is 5.46. The van der Waals surface area contributed by atoms with E-state index in [0.29, 0.717) is 5.56 Å². The van der Waals surface area contributed by atoms with E-state index >= 15 is 0 Å². The second kappa shape index (κ2) is 13.8. The van der Waals surface area contributed by atoms with Crippen molar-refractivity contribution >= 4 is 72.0 Å². The van der Waals surface area contributed by atoms with Gasteiger partial charge in [-0.25, -0.2) is 0 Å². The number of hydrogen-bond donors (Lipinski definition) is 0. The molecule has 3 aromatic heterocycles. The Bertz CT molecular complexity index is 3790. The van der Waals surface area contributed by atoms with Crippen molar-refractivity contribution in [3.05, 3.63) is 218 Å². The second-order valence-electron chi connectivity index (χ2n) is 14.9. The molecule has 3 heterocycles. The first-order chi connectivity index (χ1) is 31.8. The molecule has 0 N–H and O–H groups in total. The highest BCUT2D eigenvalue weighted by atomic mass is 16.3. The summed E-state index contributed by atoms with van der Waals surface area (Å²) < 4.78 is 57.5. The molecule has 0 aliphatic rings. The molecule has 0 spiro atoms. The Hall–Kier alpha value is -8.08. The predicted molar refractivity (Wildman–Crippen MR) is 249 cm³/mol. The molecule has 60 heavy (non-hydrogen) atoms. The Kier molecular flexibility index (Phi) is 6.71. The Morgan fingerprint density at radius 2 is 1.02 bits per heavy atom. The fourth-order valence-electron chi connectivity index (χ4n) is 8.76. The van der Waals surface area contributed by atoms with Crippen LogP contribution in [0.1, 0.15) is 6.85 Å². The maximum Gasteiger partial charge on any atom is 0.213 e. The first kappa shape index (κ1) is 29.2. The van der Waals surface area contributed by atoms with Gasteiger partial charge in [-0.3, -0.25) is 4.57 Å². The lowest BCUT2D eigenvalue weighted by atomic mass is 9.98. The van der Waals surface area contributed by atoms with Gasteiger partial charge in [-0.05, 0) is 94.0 Å². The van der Waals surface area contributed by atoms with E-state index in [9.17, 15) is 0 Å². The summed E-state index contributed by atoms with van der Waals surface area (Å²) >= 11 is 0. The molecule has 0 aliphatic carbocycles. The van der Waals surface area contributed by atoms with Gasteiger partial charge >= 0.3 is 0 Å². The summed E-state index contributed by atoms with van der Waals surface area (Å²) in [5, 5.41) is 5.20. The molecule has 0 bridgehead atoms. The first-order valence-electron chi connectivity index (χ1n) is 22.4. The van der Waals surface area contributed by atoms with E-state index in [1.807, 2.05) is 72.8 Å². The molecule has 0 saturated heterocycles. The maximum absolute atomic E-state index is 8.61. The average molecular weight is 774 g/mol. The summed E-state index contributed by atoms with van der Waals surface area (Å²) in [6.07, 6.45) is 0. The van der Waals surface area contributed by atoms with Crippen LogP contribution in [0.2, 0.25) is 0 Å². The second-order valence-corrected chi connectivity index (χ2v) is 14.9. The van der Waals surface area contributed by atoms with E-state index in [4.69, 9.17) is 15.7 Å². The third-order valence-electron chi connectivity index (χ3n) is 11.5. The van der Waals surface area contributed by atoms with Crippen LogP contribution in [-0.2, 0) is 0 Å². The first-order valence-corrected chi connectivity index (χ1v) is 19.9. The molecule has 4 nitrogen and oxygen atoms in total. The summed E-state index contributed by atoms with van der Waals surface area (Å²) in [4.78, 5) is 2.13. The molecule has 12 aromatic rings. The lowest BCUT2D eigenvalue weighted by Gasteiger charge is -2.26. The van der Waals surface area contributed by atoms with Crippen LogP contribution in [0.4, 0.5) is 17.1 Å². The van der Waals surface area contributed by atoms with Crippen LogP contribution in [0.5, 0.6) is 0 Å². The van der Waals surface area contributed by atoms with E-state index in [0.717, 1.165) is 94.4 Å². The van der Waals surface area contributed by atoms with E-state index in [2.05, 4.69) is 125 Å². The maximum atomic E-state index is 8.61. The highest BCUT2D eigenvalue weighted by molar-refractivity contribution is 6.23. The summed E-state index contributed by atoms with van der Waals surface area (Å²) in [5.74, 6) is 0. The number of benzene rings is 9. The fourth-order valence-corrected chi connectivity index (χ4v) is 8.76.